The van der Waals surface area contributed by atoms with Gasteiger partial charge in [-0.25, -0.2) is 0 Å². The Morgan fingerprint density at radius 2 is 1.94 bits per heavy atom. The minimum atomic E-state index is 0.834. The van der Waals surface area contributed by atoms with Gasteiger partial charge in [0.2, 0.25) is 0 Å². The molecule has 17 heavy (non-hydrogen) atoms. The van der Waals surface area contributed by atoms with Crippen molar-refractivity contribution in [3.05, 3.63) is 61.6 Å². The molecule has 2 rings (SSSR count). The van der Waals surface area contributed by atoms with Crippen molar-refractivity contribution in [1.82, 2.24) is 0 Å². The third kappa shape index (κ3) is 3.45. The SMILES string of the molecule is Cc1ccc(CNc2ccccc2I)c(Br)c1. The van der Waals surface area contributed by atoms with E-state index in [1.54, 1.807) is 0 Å². The molecule has 0 radical (unpaired) electrons. The number of anilines is 1. The van der Waals surface area contributed by atoms with Gasteiger partial charge in [0.1, 0.15) is 0 Å². The number of halogens is 2. The summed E-state index contributed by atoms with van der Waals surface area (Å²) >= 11 is 5.94. The molecular weight excluding hydrogens is 389 g/mol. The Morgan fingerprint density at radius 3 is 2.65 bits per heavy atom. The van der Waals surface area contributed by atoms with Crippen molar-refractivity contribution < 1.29 is 0 Å². The quantitative estimate of drug-likeness (QED) is 0.715. The highest BCUT2D eigenvalue weighted by Crippen LogP contribution is 2.22. The van der Waals surface area contributed by atoms with Crippen molar-refractivity contribution in [2.75, 3.05) is 5.32 Å². The highest BCUT2D eigenvalue weighted by atomic mass is 127. The third-order valence-electron chi connectivity index (χ3n) is 2.55. The molecule has 0 atom stereocenters. The minimum absolute atomic E-state index is 0.834. The van der Waals surface area contributed by atoms with E-state index in [-0.39, 0.29) is 0 Å². The summed E-state index contributed by atoms with van der Waals surface area (Å²) in [7, 11) is 0. The summed E-state index contributed by atoms with van der Waals surface area (Å²) in [6, 6.07) is 14.7. The van der Waals surface area contributed by atoms with Gasteiger partial charge in [0, 0.05) is 20.3 Å². The van der Waals surface area contributed by atoms with Crippen LogP contribution in [0.3, 0.4) is 0 Å². The van der Waals surface area contributed by atoms with E-state index in [1.807, 2.05) is 0 Å². The molecule has 0 heterocycles. The average molecular weight is 402 g/mol. The zero-order valence-electron chi connectivity index (χ0n) is 9.50. The van der Waals surface area contributed by atoms with E-state index < -0.39 is 0 Å². The summed E-state index contributed by atoms with van der Waals surface area (Å²) in [4.78, 5) is 0. The lowest BCUT2D eigenvalue weighted by atomic mass is 10.1. The Bertz CT molecular complexity index is 525. The van der Waals surface area contributed by atoms with Crippen molar-refractivity contribution in [1.29, 1.82) is 0 Å². The van der Waals surface area contributed by atoms with Gasteiger partial charge in [-0.1, -0.05) is 40.2 Å². The van der Waals surface area contributed by atoms with E-state index in [0.717, 1.165) is 11.0 Å². The first-order valence-corrected chi connectivity index (χ1v) is 7.27. The van der Waals surface area contributed by atoms with Crippen LogP contribution >= 0.6 is 38.5 Å². The van der Waals surface area contributed by atoms with Crippen LogP contribution in [0, 0.1) is 10.5 Å². The molecule has 88 valence electrons. The standard InChI is InChI=1S/C14H13BrIN/c1-10-6-7-11(12(15)8-10)9-17-14-5-3-2-4-13(14)16/h2-8,17H,9H2,1H3. The molecule has 2 aromatic carbocycles. The van der Waals surface area contributed by atoms with Crippen LogP contribution in [0.2, 0.25) is 0 Å². The van der Waals surface area contributed by atoms with Crippen molar-refractivity contribution in [3.8, 4) is 0 Å². The van der Waals surface area contributed by atoms with Crippen molar-refractivity contribution in [3.63, 3.8) is 0 Å². The lowest BCUT2D eigenvalue weighted by Gasteiger charge is -2.10. The molecule has 1 N–H and O–H groups in total. The summed E-state index contributed by atoms with van der Waals surface area (Å²) in [5.74, 6) is 0. The molecule has 0 unspecified atom stereocenters. The van der Waals surface area contributed by atoms with Crippen molar-refractivity contribution in [2.24, 2.45) is 0 Å². The molecule has 0 saturated heterocycles. The Labute approximate surface area is 124 Å². The molecule has 0 aromatic heterocycles. The van der Waals surface area contributed by atoms with Gasteiger partial charge >= 0.3 is 0 Å². The summed E-state index contributed by atoms with van der Waals surface area (Å²) < 4.78 is 2.41. The van der Waals surface area contributed by atoms with Gasteiger partial charge in [0.05, 0.1) is 0 Å². The van der Waals surface area contributed by atoms with Gasteiger partial charge in [0.25, 0.3) is 0 Å². The fourth-order valence-electron chi connectivity index (χ4n) is 1.59. The Balaban J connectivity index is 2.10. The lowest BCUT2D eigenvalue weighted by Crippen LogP contribution is -2.01. The van der Waals surface area contributed by atoms with Crippen LogP contribution in [0.25, 0.3) is 0 Å². The smallest absolute Gasteiger partial charge is 0.0478 e. The second-order valence-corrected chi connectivity index (χ2v) is 5.94. The van der Waals surface area contributed by atoms with Gasteiger partial charge in [-0.15, -0.1) is 0 Å². The number of rotatable bonds is 3. The van der Waals surface area contributed by atoms with Crippen LogP contribution in [0.15, 0.2) is 46.9 Å². The molecule has 0 fully saturated rings. The third-order valence-corrected chi connectivity index (χ3v) is 4.23. The summed E-state index contributed by atoms with van der Waals surface area (Å²) in [6.07, 6.45) is 0. The van der Waals surface area contributed by atoms with Gasteiger partial charge < -0.3 is 5.32 Å². The number of aryl methyl sites for hydroxylation is 1. The summed E-state index contributed by atoms with van der Waals surface area (Å²) in [5.41, 5.74) is 3.73. The lowest BCUT2D eigenvalue weighted by molar-refractivity contribution is 1.13. The average Bonchev–Trinajstić information content (AvgIpc) is 2.30. The van der Waals surface area contributed by atoms with E-state index in [9.17, 15) is 0 Å². The number of hydrogen-bond donors (Lipinski definition) is 1. The Kier molecular flexibility index (Phi) is 4.45. The molecule has 0 bridgehead atoms. The number of para-hydroxylation sites is 1. The molecule has 0 aliphatic rings. The van der Waals surface area contributed by atoms with Gasteiger partial charge in [-0.2, -0.15) is 0 Å². The molecule has 0 aliphatic carbocycles. The van der Waals surface area contributed by atoms with Crippen LogP contribution in [-0.2, 0) is 6.54 Å². The van der Waals surface area contributed by atoms with Gasteiger partial charge in [-0.3, -0.25) is 0 Å². The van der Waals surface area contributed by atoms with E-state index in [1.165, 1.54) is 20.4 Å². The summed E-state index contributed by atoms with van der Waals surface area (Å²) in [6.45, 7) is 2.93. The second-order valence-electron chi connectivity index (χ2n) is 3.93. The molecule has 0 saturated carbocycles. The maximum absolute atomic E-state index is 3.60. The van der Waals surface area contributed by atoms with E-state index >= 15 is 0 Å². The van der Waals surface area contributed by atoms with E-state index in [4.69, 9.17) is 0 Å². The predicted octanol–water partition coefficient (Wildman–Crippen LogP) is 4.97. The number of benzene rings is 2. The molecule has 3 heteroatoms. The van der Waals surface area contributed by atoms with Crippen molar-refractivity contribution in [2.45, 2.75) is 13.5 Å². The molecule has 0 spiro atoms. The first-order valence-electron chi connectivity index (χ1n) is 5.40. The second kappa shape index (κ2) is 5.87. The molecule has 2 aromatic rings. The van der Waals surface area contributed by atoms with Crippen LogP contribution in [-0.4, -0.2) is 0 Å². The monoisotopic (exact) mass is 401 g/mol. The minimum Gasteiger partial charge on any atom is -0.380 e. The maximum atomic E-state index is 3.60. The molecule has 1 nitrogen and oxygen atoms in total. The van der Waals surface area contributed by atoms with E-state index in [2.05, 4.69) is 93.2 Å². The van der Waals surface area contributed by atoms with Crippen LogP contribution in [0.1, 0.15) is 11.1 Å². The maximum Gasteiger partial charge on any atom is 0.0478 e. The number of nitrogens with one attached hydrogen (secondary N) is 1. The first kappa shape index (κ1) is 12.9. The Morgan fingerprint density at radius 1 is 1.18 bits per heavy atom. The predicted molar refractivity (Wildman–Crippen MR) is 85.4 cm³/mol. The van der Waals surface area contributed by atoms with Gasteiger partial charge in [-0.05, 0) is 58.8 Å². The topological polar surface area (TPSA) is 12.0 Å². The van der Waals surface area contributed by atoms with E-state index in [0.29, 0.717) is 0 Å². The van der Waals surface area contributed by atoms with Crippen LogP contribution in [0.5, 0.6) is 0 Å². The Hall–Kier alpha value is -0.550. The van der Waals surface area contributed by atoms with Gasteiger partial charge in [0.15, 0.2) is 0 Å². The molecule has 0 amide bonds. The van der Waals surface area contributed by atoms with Crippen LogP contribution < -0.4 is 5.32 Å². The highest BCUT2D eigenvalue weighted by molar-refractivity contribution is 14.1. The highest BCUT2D eigenvalue weighted by Gasteiger charge is 2.01. The molecular formula is C14H13BrIN. The largest absolute Gasteiger partial charge is 0.380 e. The molecule has 0 aliphatic heterocycles. The van der Waals surface area contributed by atoms with Crippen molar-refractivity contribution >= 4 is 44.2 Å². The summed E-state index contributed by atoms with van der Waals surface area (Å²) in [5, 5.41) is 3.45. The fraction of sp³-hybridized carbons (Fsp3) is 0.143. The number of hydrogen-bond acceptors (Lipinski definition) is 1. The zero-order valence-corrected chi connectivity index (χ0v) is 13.2. The normalized spacial score (nSPS) is 10.3. The fourth-order valence-corrected chi connectivity index (χ4v) is 2.80. The zero-order chi connectivity index (χ0) is 12.3. The first-order chi connectivity index (χ1) is 8.16. The van der Waals surface area contributed by atoms with Crippen LogP contribution in [0.4, 0.5) is 5.69 Å².